The molecular formula is C17H24N4O. The van der Waals surface area contributed by atoms with E-state index in [2.05, 4.69) is 50.3 Å². The fraction of sp³-hybridized carbons (Fsp3) is 0.529. The quantitative estimate of drug-likeness (QED) is 0.816. The Morgan fingerprint density at radius 3 is 2.32 bits per heavy atom. The molecule has 0 bridgehead atoms. The van der Waals surface area contributed by atoms with Crippen LogP contribution >= 0.6 is 0 Å². The molecule has 5 heteroatoms. The van der Waals surface area contributed by atoms with Gasteiger partial charge in [0.25, 0.3) is 0 Å². The second-order valence-electron chi connectivity index (χ2n) is 5.80. The van der Waals surface area contributed by atoms with E-state index >= 15 is 0 Å². The highest BCUT2D eigenvalue weighted by molar-refractivity contribution is 5.14. The van der Waals surface area contributed by atoms with Gasteiger partial charge in [0.1, 0.15) is 0 Å². The van der Waals surface area contributed by atoms with Gasteiger partial charge in [-0.2, -0.15) is 0 Å². The maximum Gasteiger partial charge on any atom is 0.230 e. The van der Waals surface area contributed by atoms with Crippen LogP contribution in [0.5, 0.6) is 0 Å². The van der Waals surface area contributed by atoms with Gasteiger partial charge in [-0.1, -0.05) is 37.3 Å². The van der Waals surface area contributed by atoms with Gasteiger partial charge in [0.2, 0.25) is 11.8 Å². The Morgan fingerprint density at radius 2 is 1.64 bits per heavy atom. The van der Waals surface area contributed by atoms with E-state index in [1.807, 2.05) is 6.92 Å². The topological polar surface area (TPSA) is 45.4 Å². The van der Waals surface area contributed by atoms with E-state index in [1.54, 1.807) is 0 Å². The fourth-order valence-electron chi connectivity index (χ4n) is 2.79. The number of piperazine rings is 1. The molecule has 22 heavy (non-hydrogen) atoms. The minimum atomic E-state index is 0.733. The van der Waals surface area contributed by atoms with E-state index in [1.165, 1.54) is 5.56 Å². The monoisotopic (exact) mass is 300 g/mol. The minimum Gasteiger partial charge on any atom is -0.424 e. The highest BCUT2D eigenvalue weighted by atomic mass is 16.4. The number of hydrogen-bond donors (Lipinski definition) is 0. The highest BCUT2D eigenvalue weighted by Crippen LogP contribution is 2.09. The molecule has 3 rings (SSSR count). The summed E-state index contributed by atoms with van der Waals surface area (Å²) in [5.74, 6) is 1.48. The molecule has 2 aromatic rings. The summed E-state index contributed by atoms with van der Waals surface area (Å²) in [5, 5.41) is 8.13. The molecule has 0 unspecified atom stereocenters. The van der Waals surface area contributed by atoms with E-state index in [0.29, 0.717) is 0 Å². The summed E-state index contributed by atoms with van der Waals surface area (Å²) in [7, 11) is 0. The molecule has 5 nitrogen and oxygen atoms in total. The van der Waals surface area contributed by atoms with Gasteiger partial charge in [-0.25, -0.2) is 0 Å². The Labute approximate surface area is 131 Å². The maximum atomic E-state index is 5.59. The Bertz CT molecular complexity index is 561. The zero-order chi connectivity index (χ0) is 15.2. The van der Waals surface area contributed by atoms with Crippen molar-refractivity contribution in [2.24, 2.45) is 0 Å². The summed E-state index contributed by atoms with van der Waals surface area (Å²) in [6, 6.07) is 10.7. The summed E-state index contributed by atoms with van der Waals surface area (Å²) in [6.45, 7) is 8.31. The number of benzene rings is 1. The lowest BCUT2D eigenvalue weighted by Crippen LogP contribution is -2.46. The highest BCUT2D eigenvalue weighted by Gasteiger charge is 2.18. The number of nitrogens with zero attached hydrogens (tertiary/aromatic N) is 4. The molecular weight excluding hydrogens is 276 g/mol. The van der Waals surface area contributed by atoms with Crippen molar-refractivity contribution in [3.63, 3.8) is 0 Å². The van der Waals surface area contributed by atoms with Crippen molar-refractivity contribution in [1.82, 2.24) is 20.0 Å². The van der Waals surface area contributed by atoms with Crippen molar-refractivity contribution >= 4 is 0 Å². The van der Waals surface area contributed by atoms with Crippen LogP contribution in [0.4, 0.5) is 0 Å². The van der Waals surface area contributed by atoms with E-state index in [0.717, 1.165) is 63.9 Å². The van der Waals surface area contributed by atoms with E-state index < -0.39 is 0 Å². The zero-order valence-electron chi connectivity index (χ0n) is 13.2. The normalized spacial score (nSPS) is 17.0. The molecule has 1 aromatic heterocycles. The molecule has 1 aliphatic rings. The first-order valence-electron chi connectivity index (χ1n) is 8.13. The summed E-state index contributed by atoms with van der Waals surface area (Å²) >= 11 is 0. The smallest absolute Gasteiger partial charge is 0.230 e. The lowest BCUT2D eigenvalue weighted by Gasteiger charge is -2.33. The van der Waals surface area contributed by atoms with Crippen molar-refractivity contribution in [1.29, 1.82) is 0 Å². The number of rotatable bonds is 6. The molecule has 0 radical (unpaired) electrons. The lowest BCUT2D eigenvalue weighted by molar-refractivity contribution is 0.120. The van der Waals surface area contributed by atoms with Crippen molar-refractivity contribution < 1.29 is 4.42 Å². The zero-order valence-corrected chi connectivity index (χ0v) is 13.2. The third kappa shape index (κ3) is 4.15. The standard InChI is InChI=1S/C17H24N4O/c1-2-16-18-19-17(22-16)14-21-12-10-20(11-13-21)9-8-15-6-4-3-5-7-15/h3-7H,2,8-14H2,1H3. The van der Waals surface area contributed by atoms with Crippen LogP contribution in [-0.4, -0.2) is 52.7 Å². The first-order valence-corrected chi connectivity index (χ1v) is 8.13. The Kier molecular flexibility index (Phi) is 5.19. The van der Waals surface area contributed by atoms with Crippen LogP contribution in [0.25, 0.3) is 0 Å². The molecule has 0 amide bonds. The van der Waals surface area contributed by atoms with E-state index in [4.69, 9.17) is 4.42 Å². The molecule has 118 valence electrons. The van der Waals surface area contributed by atoms with Crippen molar-refractivity contribution in [3.8, 4) is 0 Å². The molecule has 0 N–H and O–H groups in total. The van der Waals surface area contributed by atoms with Gasteiger partial charge in [-0.05, 0) is 12.0 Å². The number of aromatic nitrogens is 2. The lowest BCUT2D eigenvalue weighted by atomic mass is 10.1. The SMILES string of the molecule is CCc1nnc(CN2CCN(CCc3ccccc3)CC2)o1. The molecule has 1 saturated heterocycles. The molecule has 1 fully saturated rings. The molecule has 1 aliphatic heterocycles. The van der Waals surface area contributed by atoms with Gasteiger partial charge in [-0.3, -0.25) is 4.90 Å². The summed E-state index contributed by atoms with van der Waals surface area (Å²) in [4.78, 5) is 4.93. The fourth-order valence-corrected chi connectivity index (χ4v) is 2.79. The van der Waals surface area contributed by atoms with E-state index in [9.17, 15) is 0 Å². The molecule has 0 aliphatic carbocycles. The summed E-state index contributed by atoms with van der Waals surface area (Å²) in [5.41, 5.74) is 1.42. The predicted octanol–water partition coefficient (Wildman–Crippen LogP) is 1.99. The summed E-state index contributed by atoms with van der Waals surface area (Å²) in [6.07, 6.45) is 1.94. The van der Waals surface area contributed by atoms with Gasteiger partial charge in [0, 0.05) is 39.1 Å². The summed E-state index contributed by atoms with van der Waals surface area (Å²) < 4.78 is 5.59. The third-order valence-electron chi connectivity index (χ3n) is 4.19. The number of aryl methyl sites for hydroxylation is 1. The Hall–Kier alpha value is -1.72. The molecule has 2 heterocycles. The maximum absolute atomic E-state index is 5.59. The molecule has 0 saturated carbocycles. The van der Waals surface area contributed by atoms with Gasteiger partial charge in [-0.15, -0.1) is 10.2 Å². The van der Waals surface area contributed by atoms with Crippen molar-refractivity contribution in [3.05, 3.63) is 47.7 Å². The van der Waals surface area contributed by atoms with Crippen LogP contribution in [0.2, 0.25) is 0 Å². The minimum absolute atomic E-state index is 0.733. The first-order chi connectivity index (χ1) is 10.8. The van der Waals surface area contributed by atoms with Crippen LogP contribution in [0.15, 0.2) is 34.7 Å². The third-order valence-corrected chi connectivity index (χ3v) is 4.19. The van der Waals surface area contributed by atoms with Gasteiger partial charge < -0.3 is 9.32 Å². The second kappa shape index (κ2) is 7.51. The van der Waals surface area contributed by atoms with E-state index in [-0.39, 0.29) is 0 Å². The van der Waals surface area contributed by atoms with Crippen molar-refractivity contribution in [2.75, 3.05) is 32.7 Å². The van der Waals surface area contributed by atoms with Gasteiger partial charge >= 0.3 is 0 Å². The van der Waals surface area contributed by atoms with Crippen LogP contribution in [-0.2, 0) is 19.4 Å². The molecule has 0 atom stereocenters. The first kappa shape index (κ1) is 15.2. The van der Waals surface area contributed by atoms with Gasteiger partial charge in [0.15, 0.2) is 0 Å². The Morgan fingerprint density at radius 1 is 0.955 bits per heavy atom. The average Bonchev–Trinajstić information content (AvgIpc) is 3.03. The van der Waals surface area contributed by atoms with Gasteiger partial charge in [0.05, 0.1) is 6.54 Å². The average molecular weight is 300 g/mol. The van der Waals surface area contributed by atoms with Crippen LogP contribution < -0.4 is 0 Å². The predicted molar refractivity (Wildman–Crippen MR) is 85.5 cm³/mol. The number of hydrogen-bond acceptors (Lipinski definition) is 5. The van der Waals surface area contributed by atoms with Crippen LogP contribution in [0.3, 0.4) is 0 Å². The largest absolute Gasteiger partial charge is 0.424 e. The van der Waals surface area contributed by atoms with Crippen LogP contribution in [0, 0.1) is 0 Å². The molecule has 0 spiro atoms. The second-order valence-corrected chi connectivity index (χ2v) is 5.80. The Balaban J connectivity index is 1.40. The molecule has 1 aromatic carbocycles. The van der Waals surface area contributed by atoms with Crippen molar-refractivity contribution in [2.45, 2.75) is 26.3 Å². The van der Waals surface area contributed by atoms with Crippen LogP contribution in [0.1, 0.15) is 24.3 Å².